The Bertz CT molecular complexity index is 1330. The number of ether oxygens (including phenoxy) is 1. The van der Waals surface area contributed by atoms with Crippen molar-refractivity contribution in [1.29, 1.82) is 0 Å². The van der Waals surface area contributed by atoms with E-state index in [9.17, 15) is 15.3 Å². The van der Waals surface area contributed by atoms with Gasteiger partial charge in [0.1, 0.15) is 28.7 Å². The van der Waals surface area contributed by atoms with E-state index >= 15 is 0 Å². The van der Waals surface area contributed by atoms with Gasteiger partial charge in [-0.25, -0.2) is 0 Å². The maximum Gasteiger partial charge on any atom is 0.133 e. The van der Waals surface area contributed by atoms with E-state index in [0.29, 0.717) is 5.75 Å². The van der Waals surface area contributed by atoms with Gasteiger partial charge in [0.2, 0.25) is 0 Å². The van der Waals surface area contributed by atoms with Gasteiger partial charge >= 0.3 is 0 Å². The summed E-state index contributed by atoms with van der Waals surface area (Å²) >= 11 is 0. The number of hydrogen-bond donors (Lipinski definition) is 3. The van der Waals surface area contributed by atoms with Crippen molar-refractivity contribution in [2.75, 3.05) is 4.90 Å². The third-order valence-corrected chi connectivity index (χ3v) is 6.70. The van der Waals surface area contributed by atoms with Crippen LogP contribution < -0.4 is 9.64 Å². The molecule has 4 aromatic rings. The van der Waals surface area contributed by atoms with E-state index < -0.39 is 0 Å². The summed E-state index contributed by atoms with van der Waals surface area (Å²) in [4.78, 5) is 2.13. The van der Waals surface area contributed by atoms with Gasteiger partial charge in [0.05, 0.1) is 0 Å². The third kappa shape index (κ3) is 4.50. The van der Waals surface area contributed by atoms with Crippen LogP contribution in [0.15, 0.2) is 60.7 Å². The number of nitrogens with zero attached hydrogens (tertiary/aromatic N) is 1. The molecule has 0 radical (unpaired) electrons. The summed E-state index contributed by atoms with van der Waals surface area (Å²) in [7, 11) is 0. The van der Waals surface area contributed by atoms with Crippen LogP contribution in [0, 0.1) is 41.5 Å². The summed E-state index contributed by atoms with van der Waals surface area (Å²) in [6.45, 7) is 11.6. The normalized spacial score (nSPS) is 10.9. The molecule has 0 heterocycles. The highest BCUT2D eigenvalue weighted by Crippen LogP contribution is 2.43. The lowest BCUT2D eigenvalue weighted by molar-refractivity contribution is 0.458. The predicted molar refractivity (Wildman–Crippen MR) is 141 cm³/mol. The molecule has 5 nitrogen and oxygen atoms in total. The molecule has 0 aliphatic heterocycles. The number of phenols is 3. The van der Waals surface area contributed by atoms with E-state index in [0.717, 1.165) is 56.2 Å². The molecule has 0 amide bonds. The minimum Gasteiger partial charge on any atom is -0.508 e. The van der Waals surface area contributed by atoms with Gasteiger partial charge in [0.15, 0.2) is 0 Å². The van der Waals surface area contributed by atoms with Crippen molar-refractivity contribution in [2.24, 2.45) is 0 Å². The molecule has 5 heteroatoms. The van der Waals surface area contributed by atoms with E-state index in [1.165, 1.54) is 0 Å². The largest absolute Gasteiger partial charge is 0.508 e. The first-order valence-electron chi connectivity index (χ1n) is 11.5. The van der Waals surface area contributed by atoms with Crippen LogP contribution in [-0.2, 0) is 0 Å². The molecule has 0 spiro atoms. The van der Waals surface area contributed by atoms with Gasteiger partial charge in [-0.05, 0) is 136 Å². The maximum absolute atomic E-state index is 10.2. The van der Waals surface area contributed by atoms with Crippen molar-refractivity contribution in [3.8, 4) is 28.7 Å². The van der Waals surface area contributed by atoms with Gasteiger partial charge < -0.3 is 25.0 Å². The van der Waals surface area contributed by atoms with Crippen LogP contribution in [0.2, 0.25) is 0 Å². The predicted octanol–water partition coefficient (Wildman–Crippen LogP) is 7.92. The van der Waals surface area contributed by atoms with E-state index in [1.54, 1.807) is 24.3 Å². The lowest BCUT2D eigenvalue weighted by Gasteiger charge is -2.30. The second-order valence-corrected chi connectivity index (χ2v) is 9.05. The van der Waals surface area contributed by atoms with E-state index in [1.807, 2.05) is 77.9 Å². The number of anilines is 3. The quantitative estimate of drug-likeness (QED) is 0.277. The molecule has 4 rings (SSSR count). The van der Waals surface area contributed by atoms with Crippen LogP contribution in [0.1, 0.15) is 33.4 Å². The number of aromatic hydroxyl groups is 3. The SMILES string of the molecule is Cc1cc(O)cc(C)c1Oc1ccc(N(c2ccc(O)c(C)c2C)c2ccc(O)c(C)c2C)cc1. The molecule has 0 unspecified atom stereocenters. The Balaban J connectivity index is 1.81. The Hall–Kier alpha value is -4.12. The summed E-state index contributed by atoms with van der Waals surface area (Å²) in [5.74, 6) is 2.14. The maximum atomic E-state index is 10.2. The first-order valence-corrected chi connectivity index (χ1v) is 11.5. The second-order valence-electron chi connectivity index (χ2n) is 9.05. The lowest BCUT2D eigenvalue weighted by Crippen LogP contribution is -2.13. The highest BCUT2D eigenvalue weighted by atomic mass is 16.5. The van der Waals surface area contributed by atoms with Crippen molar-refractivity contribution in [1.82, 2.24) is 0 Å². The van der Waals surface area contributed by atoms with Gasteiger partial charge in [-0.2, -0.15) is 0 Å². The fourth-order valence-electron chi connectivity index (χ4n) is 4.35. The molecular weight excluding hydrogens is 438 g/mol. The Kier molecular flexibility index (Phi) is 6.35. The number of rotatable bonds is 5. The summed E-state index contributed by atoms with van der Waals surface area (Å²) in [5, 5.41) is 30.3. The molecule has 0 atom stereocenters. The summed E-state index contributed by atoms with van der Waals surface area (Å²) < 4.78 is 6.16. The van der Waals surface area contributed by atoms with Gasteiger partial charge in [-0.1, -0.05) is 0 Å². The highest BCUT2D eigenvalue weighted by molar-refractivity contribution is 5.82. The van der Waals surface area contributed by atoms with Crippen molar-refractivity contribution < 1.29 is 20.1 Å². The van der Waals surface area contributed by atoms with Crippen molar-refractivity contribution in [2.45, 2.75) is 41.5 Å². The molecule has 180 valence electrons. The summed E-state index contributed by atoms with van der Waals surface area (Å²) in [6, 6.07) is 18.4. The monoisotopic (exact) mass is 469 g/mol. The number of hydrogen-bond acceptors (Lipinski definition) is 5. The van der Waals surface area contributed by atoms with Gasteiger partial charge in [-0.3, -0.25) is 0 Å². The smallest absolute Gasteiger partial charge is 0.133 e. The number of aryl methyl sites for hydroxylation is 2. The molecule has 0 aliphatic carbocycles. The Morgan fingerprint density at radius 1 is 0.571 bits per heavy atom. The summed E-state index contributed by atoms with van der Waals surface area (Å²) in [6.07, 6.45) is 0. The summed E-state index contributed by atoms with van der Waals surface area (Å²) in [5.41, 5.74) is 8.07. The molecule has 0 fully saturated rings. The van der Waals surface area contributed by atoms with E-state index in [-0.39, 0.29) is 17.2 Å². The third-order valence-electron chi connectivity index (χ3n) is 6.70. The van der Waals surface area contributed by atoms with E-state index in [4.69, 9.17) is 4.74 Å². The minimum atomic E-state index is 0.220. The molecule has 35 heavy (non-hydrogen) atoms. The van der Waals surface area contributed by atoms with Gasteiger partial charge in [0, 0.05) is 17.1 Å². The van der Waals surface area contributed by atoms with Crippen LogP contribution in [0.4, 0.5) is 17.1 Å². The zero-order chi connectivity index (χ0) is 25.4. The minimum absolute atomic E-state index is 0.220. The van der Waals surface area contributed by atoms with Crippen molar-refractivity contribution >= 4 is 17.1 Å². The van der Waals surface area contributed by atoms with Crippen LogP contribution in [0.25, 0.3) is 0 Å². The first-order chi connectivity index (χ1) is 16.6. The highest BCUT2D eigenvalue weighted by Gasteiger charge is 2.20. The fourth-order valence-corrected chi connectivity index (χ4v) is 4.35. The Labute approximate surface area is 206 Å². The number of phenolic OH excluding ortho intramolecular Hbond substituents is 3. The average molecular weight is 470 g/mol. The molecule has 0 saturated carbocycles. The topological polar surface area (TPSA) is 73.2 Å². The fraction of sp³-hybridized carbons (Fsp3) is 0.200. The first kappa shape index (κ1) is 24.0. The van der Waals surface area contributed by atoms with Crippen LogP contribution in [0.3, 0.4) is 0 Å². The molecule has 3 N–H and O–H groups in total. The standard InChI is InChI=1S/C30H31NO4/c1-17-15-24(32)16-18(2)30(17)35-25-9-7-23(8-10-25)31(26-11-13-28(33)21(5)19(26)3)27-12-14-29(34)22(6)20(27)4/h7-16,32-34H,1-6H3. The zero-order valence-electron chi connectivity index (χ0n) is 21.0. The van der Waals surface area contributed by atoms with Crippen molar-refractivity contribution in [3.63, 3.8) is 0 Å². The average Bonchev–Trinajstić information content (AvgIpc) is 2.82. The molecule has 0 bridgehead atoms. The van der Waals surface area contributed by atoms with Crippen LogP contribution in [-0.4, -0.2) is 15.3 Å². The zero-order valence-corrected chi connectivity index (χ0v) is 21.0. The van der Waals surface area contributed by atoms with Crippen molar-refractivity contribution in [3.05, 3.63) is 94.0 Å². The molecular formula is C30H31NO4. The van der Waals surface area contributed by atoms with Crippen LogP contribution >= 0.6 is 0 Å². The second kappa shape index (κ2) is 9.26. The van der Waals surface area contributed by atoms with Gasteiger partial charge in [0.25, 0.3) is 0 Å². The molecule has 0 saturated heterocycles. The molecule has 0 aromatic heterocycles. The Morgan fingerprint density at radius 2 is 1.03 bits per heavy atom. The Morgan fingerprint density at radius 3 is 1.49 bits per heavy atom. The van der Waals surface area contributed by atoms with Gasteiger partial charge in [-0.15, -0.1) is 0 Å². The van der Waals surface area contributed by atoms with Crippen LogP contribution in [0.5, 0.6) is 28.7 Å². The lowest BCUT2D eigenvalue weighted by atomic mass is 10.0. The molecule has 4 aromatic carbocycles. The number of benzene rings is 4. The van der Waals surface area contributed by atoms with E-state index in [2.05, 4.69) is 4.90 Å². The molecule has 0 aliphatic rings.